The van der Waals surface area contributed by atoms with Crippen LogP contribution in [0.4, 0.5) is 0 Å². The van der Waals surface area contributed by atoms with Gasteiger partial charge in [-0.25, -0.2) is 8.42 Å². The molecule has 1 fully saturated rings. The zero-order valence-electron chi connectivity index (χ0n) is 15.1. The maximum absolute atomic E-state index is 12.1. The van der Waals surface area contributed by atoms with Gasteiger partial charge in [0.2, 0.25) is 15.9 Å². The topological polar surface area (TPSA) is 66.5 Å². The maximum atomic E-state index is 12.1. The van der Waals surface area contributed by atoms with Crippen LogP contribution in [0.25, 0.3) is 0 Å². The summed E-state index contributed by atoms with van der Waals surface area (Å²) in [5.74, 6) is -0.0717. The van der Waals surface area contributed by atoms with Crippen LogP contribution in [0.2, 0.25) is 0 Å². The summed E-state index contributed by atoms with van der Waals surface area (Å²) in [5, 5.41) is 2.90. The Hall–Kier alpha value is -1.40. The normalized spacial score (nSPS) is 16.1. The molecule has 0 atom stereocenters. The molecule has 1 aliphatic rings. The van der Waals surface area contributed by atoms with Crippen molar-refractivity contribution >= 4 is 15.9 Å². The minimum absolute atomic E-state index is 0.0645. The number of hydrogen-bond acceptors (Lipinski definition) is 3. The number of amides is 1. The van der Waals surface area contributed by atoms with Crippen molar-refractivity contribution in [2.45, 2.75) is 57.4 Å². The minimum Gasteiger partial charge on any atom is -0.356 e. The lowest BCUT2D eigenvalue weighted by molar-refractivity contribution is -0.121. The van der Waals surface area contributed by atoms with Crippen LogP contribution in [0.1, 0.15) is 50.5 Å². The molecule has 1 N–H and O–H groups in total. The molecular weight excluding hydrogens is 336 g/mol. The van der Waals surface area contributed by atoms with Crippen molar-refractivity contribution < 1.29 is 13.2 Å². The Kier molecular flexibility index (Phi) is 7.90. The number of nitrogens with one attached hydrogen (secondary N) is 1. The van der Waals surface area contributed by atoms with E-state index < -0.39 is 10.0 Å². The van der Waals surface area contributed by atoms with Crippen LogP contribution in [-0.2, 0) is 21.2 Å². The molecule has 0 aliphatic heterocycles. The quantitative estimate of drug-likeness (QED) is 0.683. The van der Waals surface area contributed by atoms with Gasteiger partial charge in [-0.2, -0.15) is 4.31 Å². The van der Waals surface area contributed by atoms with E-state index in [0.717, 1.165) is 38.5 Å². The van der Waals surface area contributed by atoms with Gasteiger partial charge in [0, 0.05) is 25.6 Å². The van der Waals surface area contributed by atoms with Crippen molar-refractivity contribution in [3.63, 3.8) is 0 Å². The number of carbonyl (C=O) groups is 1. The second-order valence-electron chi connectivity index (χ2n) is 6.85. The molecule has 5 nitrogen and oxygen atoms in total. The summed E-state index contributed by atoms with van der Waals surface area (Å²) in [6.07, 6.45) is 8.43. The number of carbonyl (C=O) groups excluding carboxylic acids is 1. The van der Waals surface area contributed by atoms with Gasteiger partial charge < -0.3 is 5.32 Å². The van der Waals surface area contributed by atoms with Gasteiger partial charge in [-0.3, -0.25) is 4.79 Å². The van der Waals surface area contributed by atoms with E-state index in [-0.39, 0.29) is 24.9 Å². The third-order valence-electron chi connectivity index (χ3n) is 4.77. The molecule has 0 bridgehead atoms. The molecule has 25 heavy (non-hydrogen) atoms. The Labute approximate surface area is 151 Å². The van der Waals surface area contributed by atoms with Crippen LogP contribution < -0.4 is 5.32 Å². The van der Waals surface area contributed by atoms with E-state index >= 15 is 0 Å². The van der Waals surface area contributed by atoms with E-state index in [1.54, 1.807) is 0 Å². The summed E-state index contributed by atoms with van der Waals surface area (Å²) in [7, 11) is -3.27. The first-order valence-electron chi connectivity index (χ1n) is 9.24. The molecule has 2 rings (SSSR count). The molecule has 140 valence electrons. The third kappa shape index (κ3) is 7.16. The summed E-state index contributed by atoms with van der Waals surface area (Å²) < 4.78 is 25.6. The molecule has 1 amide bonds. The van der Waals surface area contributed by atoms with Crippen LogP contribution in [0.5, 0.6) is 0 Å². The molecule has 1 saturated carbocycles. The van der Waals surface area contributed by atoms with E-state index in [4.69, 9.17) is 0 Å². The van der Waals surface area contributed by atoms with Crippen LogP contribution in [0.3, 0.4) is 0 Å². The van der Waals surface area contributed by atoms with Gasteiger partial charge in [0.15, 0.2) is 0 Å². The highest BCUT2D eigenvalue weighted by atomic mass is 32.2. The molecule has 0 unspecified atom stereocenters. The van der Waals surface area contributed by atoms with Crippen molar-refractivity contribution in [3.05, 3.63) is 35.9 Å². The number of aryl methyl sites for hydroxylation is 1. The number of hydrogen-bond donors (Lipinski definition) is 1. The first-order chi connectivity index (χ1) is 12.0. The zero-order valence-corrected chi connectivity index (χ0v) is 15.9. The van der Waals surface area contributed by atoms with E-state index in [1.165, 1.54) is 22.5 Å². The number of benzene rings is 1. The first kappa shape index (κ1) is 19.9. The smallest absolute Gasteiger partial charge is 0.221 e. The van der Waals surface area contributed by atoms with Crippen molar-refractivity contribution in [1.29, 1.82) is 0 Å². The van der Waals surface area contributed by atoms with Crippen LogP contribution in [-0.4, -0.2) is 44.0 Å². The highest BCUT2D eigenvalue weighted by molar-refractivity contribution is 7.88. The SMILES string of the molecule is CS(=O)(=O)N(CCC(=O)NCCCc1ccccc1)C1CCCCC1. The van der Waals surface area contributed by atoms with E-state index in [2.05, 4.69) is 17.4 Å². The number of nitrogens with zero attached hydrogens (tertiary/aromatic N) is 1. The minimum atomic E-state index is -3.27. The summed E-state index contributed by atoms with van der Waals surface area (Å²) in [5.41, 5.74) is 1.26. The fraction of sp³-hybridized carbons (Fsp3) is 0.632. The van der Waals surface area contributed by atoms with Gasteiger partial charge >= 0.3 is 0 Å². The Balaban J connectivity index is 1.71. The number of rotatable bonds is 9. The lowest BCUT2D eigenvalue weighted by atomic mass is 9.95. The molecule has 0 spiro atoms. The highest BCUT2D eigenvalue weighted by Gasteiger charge is 2.28. The second-order valence-corrected chi connectivity index (χ2v) is 8.79. The molecule has 1 aromatic carbocycles. The van der Waals surface area contributed by atoms with Gasteiger partial charge in [-0.15, -0.1) is 0 Å². The standard InChI is InChI=1S/C19H30N2O3S/c1-25(23,24)21(18-12-6-3-7-13-18)16-14-19(22)20-15-8-11-17-9-4-2-5-10-17/h2,4-5,9-10,18H,3,6-8,11-16H2,1H3,(H,20,22). The lowest BCUT2D eigenvalue weighted by Crippen LogP contribution is -2.42. The largest absolute Gasteiger partial charge is 0.356 e. The fourth-order valence-corrected chi connectivity index (χ4v) is 4.63. The van der Waals surface area contributed by atoms with Crippen LogP contribution in [0, 0.1) is 0 Å². The Morgan fingerprint density at radius 2 is 1.84 bits per heavy atom. The molecule has 1 aliphatic carbocycles. The Morgan fingerprint density at radius 3 is 2.48 bits per heavy atom. The predicted molar refractivity (Wildman–Crippen MR) is 101 cm³/mol. The Morgan fingerprint density at radius 1 is 1.16 bits per heavy atom. The molecular formula is C19H30N2O3S. The van der Waals surface area contributed by atoms with Gasteiger partial charge in [-0.1, -0.05) is 49.6 Å². The molecule has 6 heteroatoms. The molecule has 0 saturated heterocycles. The lowest BCUT2D eigenvalue weighted by Gasteiger charge is -2.32. The summed E-state index contributed by atoms with van der Waals surface area (Å²) >= 11 is 0. The molecule has 0 heterocycles. The molecule has 1 aromatic rings. The van der Waals surface area contributed by atoms with Gasteiger partial charge in [0.25, 0.3) is 0 Å². The summed E-state index contributed by atoms with van der Waals surface area (Å²) in [4.78, 5) is 12.0. The van der Waals surface area contributed by atoms with Crippen LogP contribution >= 0.6 is 0 Å². The zero-order chi connectivity index (χ0) is 18.1. The van der Waals surface area contributed by atoms with E-state index in [1.807, 2.05) is 18.2 Å². The maximum Gasteiger partial charge on any atom is 0.221 e. The third-order valence-corrected chi connectivity index (χ3v) is 6.11. The predicted octanol–water partition coefficient (Wildman–Crippen LogP) is 2.72. The van der Waals surface area contributed by atoms with Gasteiger partial charge in [-0.05, 0) is 31.2 Å². The average molecular weight is 367 g/mol. The van der Waals surface area contributed by atoms with Crippen molar-refractivity contribution in [2.24, 2.45) is 0 Å². The summed E-state index contributed by atoms with van der Waals surface area (Å²) in [6, 6.07) is 10.2. The Bertz CT molecular complexity index is 625. The van der Waals surface area contributed by atoms with Crippen molar-refractivity contribution in [2.75, 3.05) is 19.3 Å². The van der Waals surface area contributed by atoms with Gasteiger partial charge in [0.05, 0.1) is 6.26 Å². The highest BCUT2D eigenvalue weighted by Crippen LogP contribution is 2.24. The molecule has 0 aromatic heterocycles. The van der Waals surface area contributed by atoms with E-state index in [0.29, 0.717) is 6.54 Å². The average Bonchev–Trinajstić information content (AvgIpc) is 2.59. The van der Waals surface area contributed by atoms with Crippen LogP contribution in [0.15, 0.2) is 30.3 Å². The second kappa shape index (κ2) is 9.92. The van der Waals surface area contributed by atoms with Crippen molar-refractivity contribution in [3.8, 4) is 0 Å². The fourth-order valence-electron chi connectivity index (χ4n) is 3.45. The number of sulfonamides is 1. The van der Waals surface area contributed by atoms with Crippen molar-refractivity contribution in [1.82, 2.24) is 9.62 Å². The van der Waals surface area contributed by atoms with Gasteiger partial charge in [0.1, 0.15) is 0 Å². The monoisotopic (exact) mass is 366 g/mol. The first-order valence-corrected chi connectivity index (χ1v) is 11.1. The molecule has 0 radical (unpaired) electrons. The van der Waals surface area contributed by atoms with E-state index in [9.17, 15) is 13.2 Å². The summed E-state index contributed by atoms with van der Waals surface area (Å²) in [6.45, 7) is 0.907.